The average Bonchev–Trinajstić information content (AvgIpc) is 3.20. The van der Waals surface area contributed by atoms with E-state index in [2.05, 4.69) is 22.2 Å². The number of aromatic nitrogens is 3. The number of nitriles is 1. The Morgan fingerprint density at radius 1 is 1.19 bits per heavy atom. The van der Waals surface area contributed by atoms with Gasteiger partial charge in [-0.1, -0.05) is 18.2 Å². The van der Waals surface area contributed by atoms with Crippen molar-refractivity contribution in [1.82, 2.24) is 14.8 Å². The number of fused-ring (bicyclic) bond motifs is 1. The van der Waals surface area contributed by atoms with Gasteiger partial charge in [0.15, 0.2) is 0 Å². The van der Waals surface area contributed by atoms with Gasteiger partial charge in [0.05, 0.1) is 23.1 Å². The molecule has 7 heteroatoms. The molecule has 2 heterocycles. The van der Waals surface area contributed by atoms with Gasteiger partial charge in [-0.05, 0) is 35.4 Å². The number of nitrogens with zero attached hydrogens (tertiary/aromatic N) is 5. The second-order valence-electron chi connectivity index (χ2n) is 5.98. The minimum Gasteiger partial charge on any atom is -0.314 e. The minimum absolute atomic E-state index is 0.107. The molecule has 1 amide bonds. The average molecular weight is 361 g/mol. The molecule has 0 saturated heterocycles. The second-order valence-corrected chi connectivity index (χ2v) is 7.00. The highest BCUT2D eigenvalue weighted by atomic mass is 32.2. The van der Waals surface area contributed by atoms with Gasteiger partial charge in [0, 0.05) is 11.9 Å². The van der Waals surface area contributed by atoms with Crippen LogP contribution in [0.3, 0.4) is 0 Å². The molecule has 1 aliphatic rings. The monoisotopic (exact) mass is 361 g/mol. The quantitative estimate of drug-likeness (QED) is 0.717. The molecule has 1 atom stereocenters. The van der Waals surface area contributed by atoms with Crippen molar-refractivity contribution < 1.29 is 4.79 Å². The number of amides is 1. The topological polar surface area (TPSA) is 74.8 Å². The third-order valence-electron chi connectivity index (χ3n) is 4.44. The van der Waals surface area contributed by atoms with Crippen molar-refractivity contribution in [3.8, 4) is 6.07 Å². The van der Waals surface area contributed by atoms with E-state index in [1.54, 1.807) is 46.9 Å². The highest BCUT2D eigenvalue weighted by Crippen LogP contribution is 2.38. The number of hydrogen-bond donors (Lipinski definition) is 0. The Balaban J connectivity index is 1.80. The number of carbonyl (C=O) groups is 1. The number of hydrogen-bond acceptors (Lipinski definition) is 5. The Morgan fingerprint density at radius 2 is 1.96 bits per heavy atom. The first-order valence-corrected chi connectivity index (χ1v) is 9.03. The molecule has 3 aromatic rings. The van der Waals surface area contributed by atoms with E-state index in [-0.39, 0.29) is 11.9 Å². The summed E-state index contributed by atoms with van der Waals surface area (Å²) in [6.45, 7) is 0. The van der Waals surface area contributed by atoms with Gasteiger partial charge >= 0.3 is 0 Å². The van der Waals surface area contributed by atoms with Crippen LogP contribution in [-0.4, -0.2) is 33.5 Å². The number of rotatable bonds is 3. The summed E-state index contributed by atoms with van der Waals surface area (Å²) in [6, 6.07) is 15.6. The van der Waals surface area contributed by atoms with Gasteiger partial charge in [-0.2, -0.15) is 10.4 Å². The van der Waals surface area contributed by atoms with Gasteiger partial charge in [0.1, 0.15) is 18.7 Å². The van der Waals surface area contributed by atoms with Crippen molar-refractivity contribution in [1.29, 1.82) is 5.26 Å². The van der Waals surface area contributed by atoms with Crippen LogP contribution in [0.15, 0.2) is 60.0 Å². The van der Waals surface area contributed by atoms with E-state index >= 15 is 0 Å². The van der Waals surface area contributed by atoms with E-state index in [1.165, 1.54) is 6.33 Å². The first-order valence-electron chi connectivity index (χ1n) is 8.05. The fraction of sp³-hybridized carbons (Fsp3) is 0.158. The van der Waals surface area contributed by atoms with E-state index in [0.29, 0.717) is 11.3 Å². The molecular formula is C19H15N5OS. The maximum absolute atomic E-state index is 11.9. The molecule has 4 rings (SSSR count). The fourth-order valence-electron chi connectivity index (χ4n) is 3.05. The highest BCUT2D eigenvalue weighted by molar-refractivity contribution is 8.00. The van der Waals surface area contributed by atoms with Crippen LogP contribution in [0.25, 0.3) is 0 Å². The molecule has 1 aromatic heterocycles. The molecule has 0 spiro atoms. The van der Waals surface area contributed by atoms with Crippen molar-refractivity contribution in [2.75, 3.05) is 17.7 Å². The molecule has 128 valence electrons. The lowest BCUT2D eigenvalue weighted by Crippen LogP contribution is -2.31. The Labute approximate surface area is 155 Å². The summed E-state index contributed by atoms with van der Waals surface area (Å²) < 4.78 is 1.80. The normalized spacial score (nSPS) is 14.6. The van der Waals surface area contributed by atoms with Gasteiger partial charge in [0.25, 0.3) is 0 Å². The molecule has 0 N–H and O–H groups in total. The van der Waals surface area contributed by atoms with Gasteiger partial charge < -0.3 is 4.90 Å². The predicted octanol–water partition coefficient (Wildman–Crippen LogP) is 2.86. The first-order chi connectivity index (χ1) is 12.7. The molecule has 0 bridgehead atoms. The number of anilines is 1. The van der Waals surface area contributed by atoms with Crippen LogP contribution in [0.1, 0.15) is 22.7 Å². The number of benzene rings is 2. The van der Waals surface area contributed by atoms with Crippen molar-refractivity contribution in [3.05, 3.63) is 71.8 Å². The predicted molar refractivity (Wildman–Crippen MR) is 99.0 cm³/mol. The summed E-state index contributed by atoms with van der Waals surface area (Å²) in [7, 11) is 1.80. The summed E-state index contributed by atoms with van der Waals surface area (Å²) in [5.41, 5.74) is 3.60. The zero-order valence-corrected chi connectivity index (χ0v) is 14.8. The van der Waals surface area contributed by atoms with Gasteiger partial charge in [0.2, 0.25) is 5.91 Å². The first kappa shape index (κ1) is 16.4. The minimum atomic E-state index is -0.154. The second kappa shape index (κ2) is 6.65. The van der Waals surface area contributed by atoms with Crippen molar-refractivity contribution in [2.24, 2.45) is 0 Å². The maximum Gasteiger partial charge on any atom is 0.237 e. The Morgan fingerprint density at radius 3 is 2.65 bits per heavy atom. The lowest BCUT2D eigenvalue weighted by atomic mass is 9.97. The van der Waals surface area contributed by atoms with E-state index in [1.807, 2.05) is 24.3 Å². The van der Waals surface area contributed by atoms with E-state index < -0.39 is 0 Å². The molecule has 0 fully saturated rings. The Kier molecular flexibility index (Phi) is 4.19. The SMILES string of the molecule is CN1C(=O)CSc2cc(C(c3ccc(C#N)cc3)n3cncn3)ccc21. The van der Waals surface area contributed by atoms with Crippen LogP contribution < -0.4 is 4.90 Å². The summed E-state index contributed by atoms with van der Waals surface area (Å²) in [5, 5.41) is 13.4. The molecule has 1 unspecified atom stereocenters. The molecule has 1 aliphatic heterocycles. The zero-order chi connectivity index (χ0) is 18.1. The van der Waals surface area contributed by atoms with Crippen molar-refractivity contribution in [2.45, 2.75) is 10.9 Å². The zero-order valence-electron chi connectivity index (χ0n) is 14.0. The molecule has 6 nitrogen and oxygen atoms in total. The summed E-state index contributed by atoms with van der Waals surface area (Å²) in [5.74, 6) is 0.549. The standard InChI is InChI=1S/C19H15N5OS/c1-23-16-7-6-15(8-17(16)26-10-18(23)25)19(24-12-21-11-22-24)14-4-2-13(9-20)3-5-14/h2-8,11-12,19H,10H2,1H3. The lowest BCUT2D eigenvalue weighted by molar-refractivity contribution is -0.116. The van der Waals surface area contributed by atoms with Crippen LogP contribution in [0.4, 0.5) is 5.69 Å². The Hall–Kier alpha value is -3.11. The maximum atomic E-state index is 11.9. The Bertz CT molecular complexity index is 992. The van der Waals surface area contributed by atoms with Crippen molar-refractivity contribution in [3.63, 3.8) is 0 Å². The van der Waals surface area contributed by atoms with E-state index in [0.717, 1.165) is 21.7 Å². The van der Waals surface area contributed by atoms with Gasteiger partial charge in [-0.15, -0.1) is 11.8 Å². The molecule has 0 radical (unpaired) electrons. The van der Waals surface area contributed by atoms with Crippen LogP contribution in [0.5, 0.6) is 0 Å². The van der Waals surface area contributed by atoms with Gasteiger partial charge in [-0.3, -0.25) is 4.79 Å². The largest absolute Gasteiger partial charge is 0.314 e. The molecule has 26 heavy (non-hydrogen) atoms. The molecule has 2 aromatic carbocycles. The van der Waals surface area contributed by atoms with Crippen molar-refractivity contribution >= 4 is 23.4 Å². The van der Waals surface area contributed by atoms with E-state index in [4.69, 9.17) is 5.26 Å². The summed E-state index contributed by atoms with van der Waals surface area (Å²) in [6.07, 6.45) is 3.20. The molecule has 0 saturated carbocycles. The molecule has 0 aliphatic carbocycles. The lowest BCUT2D eigenvalue weighted by Gasteiger charge is -2.27. The number of carbonyl (C=O) groups excluding carboxylic acids is 1. The smallest absolute Gasteiger partial charge is 0.237 e. The highest BCUT2D eigenvalue weighted by Gasteiger charge is 2.24. The molecular weight excluding hydrogens is 346 g/mol. The summed E-state index contributed by atoms with van der Waals surface area (Å²) >= 11 is 1.55. The van der Waals surface area contributed by atoms with Crippen LogP contribution >= 0.6 is 11.8 Å². The van der Waals surface area contributed by atoms with Gasteiger partial charge in [-0.25, -0.2) is 9.67 Å². The van der Waals surface area contributed by atoms with Crippen LogP contribution in [-0.2, 0) is 4.79 Å². The third kappa shape index (κ3) is 2.85. The fourth-order valence-corrected chi connectivity index (χ4v) is 4.10. The summed E-state index contributed by atoms with van der Waals surface area (Å²) in [4.78, 5) is 18.7. The number of thioether (sulfide) groups is 1. The third-order valence-corrected chi connectivity index (χ3v) is 5.47. The van der Waals surface area contributed by atoms with Crippen LogP contribution in [0.2, 0.25) is 0 Å². The van der Waals surface area contributed by atoms with Crippen LogP contribution in [0, 0.1) is 11.3 Å². The van der Waals surface area contributed by atoms with E-state index in [9.17, 15) is 4.79 Å².